The maximum absolute atomic E-state index is 13.7. The van der Waals surface area contributed by atoms with Crippen LogP contribution >= 0.6 is 0 Å². The summed E-state index contributed by atoms with van der Waals surface area (Å²) in [6, 6.07) is 6.62. The van der Waals surface area contributed by atoms with Gasteiger partial charge in [-0.25, -0.2) is 0 Å². The maximum Gasteiger partial charge on any atom is 0.262 e. The van der Waals surface area contributed by atoms with Gasteiger partial charge in [-0.2, -0.15) is 0 Å². The molecular weight excluding hydrogens is 352 g/mol. The molecule has 2 saturated carbocycles. The monoisotopic (exact) mass is 382 g/mol. The lowest BCUT2D eigenvalue weighted by molar-refractivity contribution is -0.141. The largest absolute Gasteiger partial charge is 0.335 e. The van der Waals surface area contributed by atoms with Crippen molar-refractivity contribution >= 4 is 17.7 Å². The van der Waals surface area contributed by atoms with Crippen molar-refractivity contribution in [2.75, 3.05) is 0 Å². The third-order valence-electron chi connectivity index (χ3n) is 6.76. The Balaban J connectivity index is 1.59. The second-order valence-corrected chi connectivity index (χ2v) is 8.53. The molecule has 1 aromatic rings. The van der Waals surface area contributed by atoms with Crippen LogP contribution in [0.5, 0.6) is 0 Å². The number of carbonyl (C=O) groups excluding carboxylic acids is 3. The predicted molar refractivity (Wildman–Crippen MR) is 107 cm³/mol. The quantitative estimate of drug-likeness (QED) is 0.735. The van der Waals surface area contributed by atoms with Gasteiger partial charge in [0, 0.05) is 12.1 Å². The topological polar surface area (TPSA) is 57.7 Å². The van der Waals surface area contributed by atoms with Crippen molar-refractivity contribution in [1.82, 2.24) is 9.80 Å². The van der Waals surface area contributed by atoms with Crippen molar-refractivity contribution in [2.24, 2.45) is 0 Å². The Hall–Kier alpha value is -2.17. The highest BCUT2D eigenvalue weighted by Gasteiger charge is 2.44. The van der Waals surface area contributed by atoms with E-state index >= 15 is 0 Å². The molecule has 0 spiro atoms. The number of carbonyl (C=O) groups is 3. The van der Waals surface area contributed by atoms with Gasteiger partial charge in [0.1, 0.15) is 6.04 Å². The zero-order valence-corrected chi connectivity index (χ0v) is 16.7. The summed E-state index contributed by atoms with van der Waals surface area (Å²) in [5, 5.41) is 0. The van der Waals surface area contributed by atoms with Crippen molar-refractivity contribution < 1.29 is 14.4 Å². The normalized spacial score (nSPS) is 22.2. The van der Waals surface area contributed by atoms with E-state index in [1.807, 2.05) is 0 Å². The highest BCUT2D eigenvalue weighted by molar-refractivity contribution is 6.22. The van der Waals surface area contributed by atoms with Crippen LogP contribution in [0.1, 0.15) is 91.8 Å². The smallest absolute Gasteiger partial charge is 0.262 e. The zero-order chi connectivity index (χ0) is 19.7. The average Bonchev–Trinajstić information content (AvgIpc) is 3.00. The van der Waals surface area contributed by atoms with E-state index in [2.05, 4.69) is 4.90 Å². The van der Waals surface area contributed by atoms with Crippen molar-refractivity contribution in [3.8, 4) is 0 Å². The molecule has 2 aliphatic carbocycles. The van der Waals surface area contributed by atoms with E-state index in [9.17, 15) is 14.4 Å². The fraction of sp³-hybridized carbons (Fsp3) is 0.609. The third kappa shape index (κ3) is 3.36. The lowest BCUT2D eigenvalue weighted by Crippen LogP contribution is -2.56. The SMILES string of the molecule is C[C@H](C(=O)N(C1CCCCC1)C1CCCCC1)N1C(=O)c2ccccc2C1=O. The van der Waals surface area contributed by atoms with Gasteiger partial charge in [-0.1, -0.05) is 50.7 Å². The zero-order valence-electron chi connectivity index (χ0n) is 16.7. The number of fused-ring (bicyclic) bond motifs is 1. The highest BCUT2D eigenvalue weighted by atomic mass is 16.2. The molecule has 1 heterocycles. The summed E-state index contributed by atoms with van der Waals surface area (Å²) in [6.07, 6.45) is 11.2. The molecule has 0 bridgehead atoms. The highest BCUT2D eigenvalue weighted by Crippen LogP contribution is 2.32. The number of imide groups is 1. The van der Waals surface area contributed by atoms with Crippen molar-refractivity contribution in [3.63, 3.8) is 0 Å². The molecule has 28 heavy (non-hydrogen) atoms. The molecule has 0 aromatic heterocycles. The van der Waals surface area contributed by atoms with Crippen LogP contribution < -0.4 is 0 Å². The molecule has 4 rings (SSSR count). The van der Waals surface area contributed by atoms with Gasteiger partial charge in [-0.05, 0) is 44.7 Å². The Morgan fingerprint density at radius 3 is 1.71 bits per heavy atom. The molecule has 150 valence electrons. The summed E-state index contributed by atoms with van der Waals surface area (Å²) in [6.45, 7) is 1.72. The summed E-state index contributed by atoms with van der Waals surface area (Å²) < 4.78 is 0. The Kier molecular flexibility index (Phi) is 5.51. The first kappa shape index (κ1) is 19.2. The van der Waals surface area contributed by atoms with Gasteiger partial charge in [0.25, 0.3) is 11.8 Å². The lowest BCUT2D eigenvalue weighted by atomic mass is 9.88. The van der Waals surface area contributed by atoms with Crippen molar-refractivity contribution in [2.45, 2.75) is 89.3 Å². The van der Waals surface area contributed by atoms with Gasteiger partial charge in [0.15, 0.2) is 0 Å². The fourth-order valence-corrected chi connectivity index (χ4v) is 5.26. The standard InChI is InChI=1S/C23H30N2O3/c1-16(24-22(27)19-14-8-9-15-20(19)23(24)28)21(26)25(17-10-4-2-5-11-17)18-12-6-3-7-13-18/h8-9,14-18H,2-7,10-13H2,1H3/t16-/m1/s1. The molecule has 1 aliphatic heterocycles. The summed E-state index contributed by atoms with van der Waals surface area (Å²) in [7, 11) is 0. The Morgan fingerprint density at radius 2 is 1.29 bits per heavy atom. The van der Waals surface area contributed by atoms with E-state index in [0.29, 0.717) is 11.1 Å². The molecule has 3 aliphatic rings. The number of amides is 3. The number of hydrogen-bond donors (Lipinski definition) is 0. The Bertz CT molecular complexity index is 710. The molecule has 0 unspecified atom stereocenters. The molecule has 2 fully saturated rings. The molecule has 0 N–H and O–H groups in total. The number of hydrogen-bond acceptors (Lipinski definition) is 3. The van der Waals surface area contributed by atoms with Crippen molar-refractivity contribution in [3.05, 3.63) is 35.4 Å². The summed E-state index contributed by atoms with van der Waals surface area (Å²) in [4.78, 5) is 42.7. The molecule has 5 nitrogen and oxygen atoms in total. The minimum Gasteiger partial charge on any atom is -0.335 e. The first-order chi connectivity index (χ1) is 13.6. The van der Waals surface area contributed by atoms with Crippen LogP contribution in [0.15, 0.2) is 24.3 Å². The molecule has 1 atom stereocenters. The van der Waals surface area contributed by atoms with E-state index in [4.69, 9.17) is 0 Å². The van der Waals surface area contributed by atoms with Crippen LogP contribution in [-0.2, 0) is 4.79 Å². The van der Waals surface area contributed by atoms with Gasteiger partial charge >= 0.3 is 0 Å². The Morgan fingerprint density at radius 1 is 0.857 bits per heavy atom. The second-order valence-electron chi connectivity index (χ2n) is 8.53. The van der Waals surface area contributed by atoms with Gasteiger partial charge in [0.2, 0.25) is 5.91 Å². The second kappa shape index (κ2) is 8.06. The summed E-state index contributed by atoms with van der Waals surface area (Å²) >= 11 is 0. The molecular formula is C23H30N2O3. The van der Waals surface area contributed by atoms with E-state index in [0.717, 1.165) is 51.4 Å². The molecule has 0 saturated heterocycles. The van der Waals surface area contributed by atoms with Crippen molar-refractivity contribution in [1.29, 1.82) is 0 Å². The van der Waals surface area contributed by atoms with Gasteiger partial charge in [0.05, 0.1) is 11.1 Å². The summed E-state index contributed by atoms with van der Waals surface area (Å²) in [5.41, 5.74) is 0.822. The number of benzene rings is 1. The van der Waals surface area contributed by atoms with Gasteiger partial charge in [-0.15, -0.1) is 0 Å². The summed E-state index contributed by atoms with van der Waals surface area (Å²) in [5.74, 6) is -0.726. The Labute approximate surface area is 167 Å². The van der Waals surface area contributed by atoms with Crippen LogP contribution in [0.3, 0.4) is 0 Å². The minimum absolute atomic E-state index is 0.0479. The van der Waals surface area contributed by atoms with Crippen LogP contribution in [0.25, 0.3) is 0 Å². The van der Waals surface area contributed by atoms with Crippen LogP contribution in [-0.4, -0.2) is 45.6 Å². The van der Waals surface area contributed by atoms with Crippen LogP contribution in [0, 0.1) is 0 Å². The van der Waals surface area contributed by atoms with E-state index in [1.165, 1.54) is 17.7 Å². The van der Waals surface area contributed by atoms with Crippen LogP contribution in [0.4, 0.5) is 0 Å². The van der Waals surface area contributed by atoms with Gasteiger partial charge in [-0.3, -0.25) is 19.3 Å². The first-order valence-electron chi connectivity index (χ1n) is 10.9. The van der Waals surface area contributed by atoms with Crippen LogP contribution in [0.2, 0.25) is 0 Å². The van der Waals surface area contributed by atoms with E-state index in [1.54, 1.807) is 31.2 Å². The lowest BCUT2D eigenvalue weighted by Gasteiger charge is -2.43. The minimum atomic E-state index is -0.753. The maximum atomic E-state index is 13.7. The van der Waals surface area contributed by atoms with E-state index in [-0.39, 0.29) is 29.8 Å². The first-order valence-corrected chi connectivity index (χ1v) is 10.9. The van der Waals surface area contributed by atoms with E-state index < -0.39 is 6.04 Å². The number of nitrogens with zero attached hydrogens (tertiary/aromatic N) is 2. The van der Waals surface area contributed by atoms with Gasteiger partial charge < -0.3 is 4.90 Å². The third-order valence-corrected chi connectivity index (χ3v) is 6.76. The fourth-order valence-electron chi connectivity index (χ4n) is 5.26. The molecule has 3 amide bonds. The molecule has 0 radical (unpaired) electrons. The molecule has 1 aromatic carbocycles. The molecule has 5 heteroatoms. The average molecular weight is 383 g/mol. The number of rotatable bonds is 4. The predicted octanol–water partition coefficient (Wildman–Crippen LogP) is 4.17.